The summed E-state index contributed by atoms with van der Waals surface area (Å²) in [5, 5.41) is 8.18. The molecule has 2 aromatic carbocycles. The van der Waals surface area contributed by atoms with Gasteiger partial charge in [0.15, 0.2) is 15.5 Å². The predicted octanol–water partition coefficient (Wildman–Crippen LogP) is 6.70. The molecule has 1 atom stereocenters. The summed E-state index contributed by atoms with van der Waals surface area (Å²) in [4.78, 5) is 3.74. The van der Waals surface area contributed by atoms with Gasteiger partial charge < -0.3 is 9.30 Å². The van der Waals surface area contributed by atoms with E-state index in [0.717, 1.165) is 12.5 Å². The summed E-state index contributed by atoms with van der Waals surface area (Å²) in [7, 11) is -3.54. The second kappa shape index (κ2) is 10.7. The molecular formula is C28H23F6N5O3S. The van der Waals surface area contributed by atoms with Crippen molar-refractivity contribution in [2.45, 2.75) is 43.6 Å². The van der Waals surface area contributed by atoms with Crippen molar-refractivity contribution < 1.29 is 39.5 Å². The van der Waals surface area contributed by atoms with E-state index in [1.54, 1.807) is 36.4 Å². The molecule has 43 heavy (non-hydrogen) atoms. The Labute approximate surface area is 241 Å². The van der Waals surface area contributed by atoms with Crippen LogP contribution in [0.1, 0.15) is 36.5 Å². The Kier molecular flexibility index (Phi) is 7.48. The maximum atomic E-state index is 13.5. The van der Waals surface area contributed by atoms with Crippen LogP contribution in [0.3, 0.4) is 0 Å². The Hall–Kier alpha value is -4.40. The lowest BCUT2D eigenvalue weighted by Gasteiger charge is -2.22. The van der Waals surface area contributed by atoms with E-state index in [4.69, 9.17) is 0 Å². The van der Waals surface area contributed by atoms with Crippen LogP contribution in [0.5, 0.6) is 0 Å². The SMILES string of the molecule is CC1=CC(c2cnnn2-c2cc(-c3cccc(S(C)(=O)=O)c3)ccc2-n2cc(C(F)(F)F)nc2C)CC=C1OC(F)(F)F. The van der Waals surface area contributed by atoms with E-state index in [0.29, 0.717) is 16.8 Å². The molecule has 0 amide bonds. The van der Waals surface area contributed by atoms with E-state index < -0.39 is 34.0 Å². The van der Waals surface area contributed by atoms with Crippen molar-refractivity contribution >= 4 is 9.84 Å². The van der Waals surface area contributed by atoms with E-state index in [1.165, 1.54) is 47.5 Å². The molecule has 15 heteroatoms. The number of rotatable bonds is 6. The highest BCUT2D eigenvalue weighted by atomic mass is 32.2. The number of imidazole rings is 1. The summed E-state index contributed by atoms with van der Waals surface area (Å²) in [6.07, 6.45) is -3.25. The minimum absolute atomic E-state index is 0.0346. The second-order valence-corrected chi connectivity index (χ2v) is 11.9. The Bertz CT molecular complexity index is 1870. The minimum Gasteiger partial charge on any atom is -0.406 e. The van der Waals surface area contributed by atoms with Crippen molar-refractivity contribution in [3.63, 3.8) is 0 Å². The van der Waals surface area contributed by atoms with Crippen molar-refractivity contribution in [3.8, 4) is 22.5 Å². The third kappa shape index (κ3) is 6.35. The van der Waals surface area contributed by atoms with E-state index >= 15 is 0 Å². The number of benzene rings is 2. The standard InChI is InChI=1S/C28H23F6N5O3S/c1-16-11-20(8-10-25(16)42-28(32,33)34)24-14-35-37-39(24)23-13-19(18-5-4-6-21(12-18)43(3,40)41)7-9-22(23)38-15-26(27(29,30)31)36-17(38)2/h4-7,9-15,20H,8H2,1-3H3. The number of alkyl halides is 6. The van der Waals surface area contributed by atoms with Gasteiger partial charge in [0.2, 0.25) is 0 Å². The van der Waals surface area contributed by atoms with Crippen LogP contribution in [0.25, 0.3) is 22.5 Å². The fourth-order valence-electron chi connectivity index (χ4n) is 4.82. The average molecular weight is 624 g/mol. The van der Waals surface area contributed by atoms with Crippen molar-refractivity contribution in [2.24, 2.45) is 0 Å². The molecule has 226 valence electrons. The summed E-state index contributed by atoms with van der Waals surface area (Å²) < 4.78 is 110. The number of hydrogen-bond acceptors (Lipinski definition) is 6. The van der Waals surface area contributed by atoms with Crippen LogP contribution in [0.15, 0.2) is 83.2 Å². The first-order chi connectivity index (χ1) is 20.0. The molecule has 0 N–H and O–H groups in total. The number of aryl methyl sites for hydroxylation is 1. The van der Waals surface area contributed by atoms with Gasteiger partial charge in [-0.1, -0.05) is 29.5 Å². The molecule has 5 rings (SSSR count). The van der Waals surface area contributed by atoms with Crippen LogP contribution < -0.4 is 0 Å². The largest absolute Gasteiger partial charge is 0.573 e. The van der Waals surface area contributed by atoms with Gasteiger partial charge >= 0.3 is 12.5 Å². The summed E-state index contributed by atoms with van der Waals surface area (Å²) in [5.74, 6) is -0.799. The van der Waals surface area contributed by atoms with E-state index in [9.17, 15) is 34.8 Å². The lowest BCUT2D eigenvalue weighted by molar-refractivity contribution is -0.304. The van der Waals surface area contributed by atoms with Crippen LogP contribution in [0.4, 0.5) is 26.3 Å². The number of ether oxygens (including phenoxy) is 1. The fraction of sp³-hybridized carbons (Fsp3) is 0.250. The Morgan fingerprint density at radius 1 is 0.977 bits per heavy atom. The number of sulfone groups is 1. The first-order valence-electron chi connectivity index (χ1n) is 12.6. The average Bonchev–Trinajstić information content (AvgIpc) is 3.55. The van der Waals surface area contributed by atoms with Gasteiger partial charge in [0.05, 0.1) is 28.2 Å². The molecule has 1 unspecified atom stereocenters. The Morgan fingerprint density at radius 2 is 1.70 bits per heavy atom. The minimum atomic E-state index is -4.86. The van der Waals surface area contributed by atoms with E-state index in [-0.39, 0.29) is 39.8 Å². The van der Waals surface area contributed by atoms with Gasteiger partial charge in [0.1, 0.15) is 11.6 Å². The van der Waals surface area contributed by atoms with Crippen LogP contribution >= 0.6 is 0 Å². The highest BCUT2D eigenvalue weighted by Gasteiger charge is 2.35. The molecule has 2 heterocycles. The number of allylic oxidation sites excluding steroid dienone is 3. The van der Waals surface area contributed by atoms with Gasteiger partial charge in [-0.15, -0.1) is 18.3 Å². The molecular weight excluding hydrogens is 600 g/mol. The van der Waals surface area contributed by atoms with Gasteiger partial charge in [-0.3, -0.25) is 0 Å². The van der Waals surface area contributed by atoms with E-state index in [2.05, 4.69) is 20.0 Å². The molecule has 0 saturated carbocycles. The number of halogens is 6. The van der Waals surface area contributed by atoms with Crippen LogP contribution in [-0.2, 0) is 20.8 Å². The van der Waals surface area contributed by atoms with Crippen molar-refractivity contribution in [3.05, 3.63) is 95.6 Å². The maximum absolute atomic E-state index is 13.5. The maximum Gasteiger partial charge on any atom is 0.573 e. The molecule has 0 spiro atoms. The van der Waals surface area contributed by atoms with Gasteiger partial charge in [-0.2, -0.15) is 13.2 Å². The van der Waals surface area contributed by atoms with Crippen LogP contribution in [-0.4, -0.2) is 45.6 Å². The van der Waals surface area contributed by atoms with E-state index in [1.807, 2.05) is 0 Å². The molecule has 0 bridgehead atoms. The molecule has 8 nitrogen and oxygen atoms in total. The normalized spacial score (nSPS) is 16.2. The van der Waals surface area contributed by atoms with Gasteiger partial charge in [-0.25, -0.2) is 18.1 Å². The number of nitrogens with zero attached hydrogens (tertiary/aromatic N) is 5. The zero-order chi connectivity index (χ0) is 31.3. The van der Waals surface area contributed by atoms with Crippen LogP contribution in [0.2, 0.25) is 0 Å². The van der Waals surface area contributed by atoms with Gasteiger partial charge in [0, 0.05) is 18.4 Å². The lowest BCUT2D eigenvalue weighted by Crippen LogP contribution is -2.16. The van der Waals surface area contributed by atoms with Crippen molar-refractivity contribution in [1.29, 1.82) is 0 Å². The Balaban J connectivity index is 1.66. The topological polar surface area (TPSA) is 91.9 Å². The summed E-state index contributed by atoms with van der Waals surface area (Å²) in [6, 6.07) is 11.0. The zero-order valence-electron chi connectivity index (χ0n) is 22.8. The summed E-state index contributed by atoms with van der Waals surface area (Å²) in [5.41, 5.74) is 1.14. The number of aromatic nitrogens is 5. The third-order valence-corrected chi connectivity index (χ3v) is 7.92. The van der Waals surface area contributed by atoms with Gasteiger partial charge in [0.25, 0.3) is 0 Å². The third-order valence-electron chi connectivity index (χ3n) is 6.81. The predicted molar refractivity (Wildman–Crippen MR) is 143 cm³/mol. The molecule has 0 saturated heterocycles. The molecule has 0 radical (unpaired) electrons. The van der Waals surface area contributed by atoms with Crippen molar-refractivity contribution in [1.82, 2.24) is 24.5 Å². The smallest absolute Gasteiger partial charge is 0.406 e. The van der Waals surface area contributed by atoms with Crippen LogP contribution in [0, 0.1) is 6.92 Å². The second-order valence-electron chi connectivity index (χ2n) is 9.92. The molecule has 2 aromatic heterocycles. The highest BCUT2D eigenvalue weighted by molar-refractivity contribution is 7.90. The summed E-state index contributed by atoms with van der Waals surface area (Å²) >= 11 is 0. The molecule has 0 fully saturated rings. The highest BCUT2D eigenvalue weighted by Crippen LogP contribution is 2.37. The zero-order valence-corrected chi connectivity index (χ0v) is 23.6. The first kappa shape index (κ1) is 30.1. The molecule has 4 aromatic rings. The Morgan fingerprint density at radius 3 is 2.33 bits per heavy atom. The molecule has 1 aliphatic rings. The molecule has 0 aliphatic heterocycles. The van der Waals surface area contributed by atoms with Gasteiger partial charge in [-0.05, 0) is 67.3 Å². The fourth-order valence-corrected chi connectivity index (χ4v) is 5.49. The molecule has 1 aliphatic carbocycles. The number of hydrogen-bond donors (Lipinski definition) is 0. The lowest BCUT2D eigenvalue weighted by atomic mass is 9.93. The monoisotopic (exact) mass is 623 g/mol. The van der Waals surface area contributed by atoms with Crippen molar-refractivity contribution in [2.75, 3.05) is 6.26 Å². The summed E-state index contributed by atoms with van der Waals surface area (Å²) in [6.45, 7) is 2.87. The quantitative estimate of drug-likeness (QED) is 0.222. The first-order valence-corrected chi connectivity index (χ1v) is 14.5.